The predicted molar refractivity (Wildman–Crippen MR) is 117 cm³/mol. The molecule has 0 saturated carbocycles. The molecule has 4 heterocycles. The molecule has 3 aliphatic rings. The average molecular weight is 424 g/mol. The molecule has 0 aliphatic carbocycles. The molecule has 1 aromatic carbocycles. The molecule has 3 fully saturated rings. The van der Waals surface area contributed by atoms with Crippen LogP contribution in [-0.4, -0.2) is 70.3 Å². The van der Waals surface area contributed by atoms with E-state index >= 15 is 0 Å². The lowest BCUT2D eigenvalue weighted by Crippen LogP contribution is -2.62. The van der Waals surface area contributed by atoms with Gasteiger partial charge >= 0.3 is 0 Å². The molecule has 31 heavy (non-hydrogen) atoms. The molecule has 3 saturated heterocycles. The van der Waals surface area contributed by atoms with Gasteiger partial charge in [-0.05, 0) is 18.4 Å². The molecular weight excluding hydrogens is 390 g/mol. The lowest BCUT2D eigenvalue weighted by Gasteiger charge is -2.51. The summed E-state index contributed by atoms with van der Waals surface area (Å²) >= 11 is 0. The predicted octanol–water partition coefficient (Wildman–Crippen LogP) is 2.78. The molecule has 7 nitrogen and oxygen atoms in total. The summed E-state index contributed by atoms with van der Waals surface area (Å²) in [7, 11) is 0. The van der Waals surface area contributed by atoms with E-state index < -0.39 is 0 Å². The van der Waals surface area contributed by atoms with Crippen molar-refractivity contribution in [1.29, 1.82) is 0 Å². The number of likely N-dealkylation sites (tertiary alicyclic amines) is 2. The Morgan fingerprint density at radius 1 is 1.19 bits per heavy atom. The molecule has 2 aromatic rings. The number of benzene rings is 1. The molecule has 1 atom stereocenters. The number of amides is 1. The van der Waals surface area contributed by atoms with E-state index in [1.165, 1.54) is 5.56 Å². The van der Waals surface area contributed by atoms with Crippen LogP contribution >= 0.6 is 0 Å². The van der Waals surface area contributed by atoms with Gasteiger partial charge in [0.05, 0.1) is 0 Å². The van der Waals surface area contributed by atoms with Crippen molar-refractivity contribution in [3.8, 4) is 0 Å². The molecule has 7 heteroatoms. The highest BCUT2D eigenvalue weighted by atomic mass is 16.5. The summed E-state index contributed by atoms with van der Waals surface area (Å²) in [5.41, 5.74) is 1.39. The SMILES string of the molecule is CC(C)c1n[nH]c(C2CN(Cc3ccccc3)CC23CN(C(=O)C2CCOCC2)C3)n1. The van der Waals surface area contributed by atoms with Gasteiger partial charge in [-0.2, -0.15) is 5.10 Å². The first kappa shape index (κ1) is 20.6. The van der Waals surface area contributed by atoms with Gasteiger partial charge in [-0.3, -0.25) is 14.8 Å². The minimum atomic E-state index is 0.0589. The zero-order valence-corrected chi connectivity index (χ0v) is 18.6. The van der Waals surface area contributed by atoms with Crippen molar-refractivity contribution in [3.63, 3.8) is 0 Å². The van der Waals surface area contributed by atoms with Crippen LogP contribution in [0.5, 0.6) is 0 Å². The van der Waals surface area contributed by atoms with Gasteiger partial charge in [0.1, 0.15) is 5.82 Å². The Labute approximate surface area is 184 Å². The number of H-pyrrole nitrogens is 1. The fraction of sp³-hybridized carbons (Fsp3) is 0.625. The van der Waals surface area contributed by atoms with Crippen molar-refractivity contribution in [2.45, 2.75) is 45.1 Å². The minimum Gasteiger partial charge on any atom is -0.381 e. The summed E-state index contributed by atoms with van der Waals surface area (Å²) in [6, 6.07) is 10.6. The molecule has 166 valence electrons. The third-order valence-corrected chi connectivity index (χ3v) is 7.23. The fourth-order valence-corrected chi connectivity index (χ4v) is 5.51. The Balaban J connectivity index is 1.33. The van der Waals surface area contributed by atoms with Crippen LogP contribution in [0.25, 0.3) is 0 Å². The second-order valence-corrected chi connectivity index (χ2v) is 9.88. The summed E-state index contributed by atoms with van der Waals surface area (Å²) < 4.78 is 5.44. The Hall–Kier alpha value is -2.25. The van der Waals surface area contributed by atoms with E-state index in [-0.39, 0.29) is 17.3 Å². The van der Waals surface area contributed by atoms with Crippen LogP contribution in [0.1, 0.15) is 55.7 Å². The van der Waals surface area contributed by atoms with E-state index in [1.54, 1.807) is 0 Å². The highest BCUT2D eigenvalue weighted by Crippen LogP contribution is 2.49. The van der Waals surface area contributed by atoms with Crippen molar-refractivity contribution in [2.24, 2.45) is 11.3 Å². The third-order valence-electron chi connectivity index (χ3n) is 7.23. The van der Waals surface area contributed by atoms with Gasteiger partial charge in [0.2, 0.25) is 5.91 Å². The van der Waals surface area contributed by atoms with Gasteiger partial charge in [-0.1, -0.05) is 44.2 Å². The van der Waals surface area contributed by atoms with Crippen LogP contribution in [0.3, 0.4) is 0 Å². The Morgan fingerprint density at radius 3 is 2.61 bits per heavy atom. The van der Waals surface area contributed by atoms with Crippen molar-refractivity contribution < 1.29 is 9.53 Å². The maximum atomic E-state index is 13.1. The van der Waals surface area contributed by atoms with Crippen LogP contribution in [0.4, 0.5) is 0 Å². The molecule has 1 spiro atoms. The number of hydrogen-bond donors (Lipinski definition) is 1. The largest absolute Gasteiger partial charge is 0.381 e. The van der Waals surface area contributed by atoms with E-state index in [0.717, 1.165) is 57.2 Å². The van der Waals surface area contributed by atoms with E-state index in [0.29, 0.717) is 25.0 Å². The molecule has 1 amide bonds. The maximum absolute atomic E-state index is 13.1. The monoisotopic (exact) mass is 423 g/mol. The molecule has 1 N–H and O–H groups in total. The number of nitrogens with zero attached hydrogens (tertiary/aromatic N) is 4. The first-order valence-electron chi connectivity index (χ1n) is 11.6. The van der Waals surface area contributed by atoms with Gasteiger partial charge in [-0.25, -0.2) is 4.98 Å². The van der Waals surface area contributed by atoms with Gasteiger partial charge in [-0.15, -0.1) is 0 Å². The molecular formula is C24H33N5O2. The topological polar surface area (TPSA) is 74.4 Å². The van der Waals surface area contributed by atoms with Crippen molar-refractivity contribution in [3.05, 3.63) is 47.5 Å². The number of carbonyl (C=O) groups excluding carboxylic acids is 1. The summed E-state index contributed by atoms with van der Waals surface area (Å²) in [6.07, 6.45) is 1.71. The van der Waals surface area contributed by atoms with Crippen molar-refractivity contribution >= 4 is 5.91 Å². The number of ether oxygens (including phenoxy) is 1. The second-order valence-electron chi connectivity index (χ2n) is 9.88. The average Bonchev–Trinajstić information content (AvgIpc) is 3.39. The lowest BCUT2D eigenvalue weighted by atomic mass is 9.70. The Kier molecular flexibility index (Phi) is 5.56. The second kappa shape index (κ2) is 8.36. The van der Waals surface area contributed by atoms with Crippen molar-refractivity contribution in [2.75, 3.05) is 39.4 Å². The zero-order valence-electron chi connectivity index (χ0n) is 18.6. The summed E-state index contributed by atoms with van der Waals surface area (Å²) in [5.74, 6) is 2.88. The normalized spacial score (nSPS) is 24.1. The standard InChI is InChI=1S/C24H33N5O2/c1-17(2)21-25-22(27-26-21)20-13-28(12-18-6-4-3-5-7-18)14-24(20)15-29(16-24)23(30)19-8-10-31-11-9-19/h3-7,17,19-20H,8-16H2,1-2H3,(H,25,26,27). The van der Waals surface area contributed by atoms with E-state index in [4.69, 9.17) is 9.72 Å². The van der Waals surface area contributed by atoms with Crippen LogP contribution in [0.2, 0.25) is 0 Å². The van der Waals surface area contributed by atoms with Gasteiger partial charge in [0.25, 0.3) is 0 Å². The third kappa shape index (κ3) is 4.01. The van der Waals surface area contributed by atoms with E-state index in [2.05, 4.69) is 64.2 Å². The molecule has 0 radical (unpaired) electrons. The van der Waals surface area contributed by atoms with Crippen LogP contribution < -0.4 is 0 Å². The minimum absolute atomic E-state index is 0.0589. The number of hydrogen-bond acceptors (Lipinski definition) is 5. The Bertz CT molecular complexity index is 900. The van der Waals surface area contributed by atoms with E-state index in [1.807, 2.05) is 0 Å². The number of aromatic amines is 1. The van der Waals surface area contributed by atoms with Gasteiger partial charge < -0.3 is 9.64 Å². The summed E-state index contributed by atoms with van der Waals surface area (Å²) in [5, 5.41) is 7.71. The highest BCUT2D eigenvalue weighted by molar-refractivity contribution is 5.80. The first-order chi connectivity index (χ1) is 15.0. The highest BCUT2D eigenvalue weighted by Gasteiger charge is 2.57. The smallest absolute Gasteiger partial charge is 0.225 e. The maximum Gasteiger partial charge on any atom is 0.225 e. The van der Waals surface area contributed by atoms with Crippen LogP contribution in [0, 0.1) is 11.3 Å². The number of carbonyl (C=O) groups is 1. The number of rotatable bonds is 5. The van der Waals surface area contributed by atoms with Gasteiger partial charge in [0.15, 0.2) is 5.82 Å². The molecule has 3 aliphatic heterocycles. The zero-order chi connectivity index (χ0) is 21.4. The molecule has 1 aromatic heterocycles. The lowest BCUT2D eigenvalue weighted by molar-refractivity contribution is -0.151. The van der Waals surface area contributed by atoms with E-state index in [9.17, 15) is 4.79 Å². The number of nitrogens with one attached hydrogen (secondary N) is 1. The summed E-state index contributed by atoms with van der Waals surface area (Å²) in [6.45, 7) is 10.2. The van der Waals surface area contributed by atoms with Gasteiger partial charge in [0, 0.05) is 69.1 Å². The molecule has 5 rings (SSSR count). The Morgan fingerprint density at radius 2 is 1.94 bits per heavy atom. The molecule has 0 bridgehead atoms. The number of aromatic nitrogens is 3. The van der Waals surface area contributed by atoms with Crippen LogP contribution in [0.15, 0.2) is 30.3 Å². The van der Waals surface area contributed by atoms with Crippen molar-refractivity contribution in [1.82, 2.24) is 25.0 Å². The first-order valence-corrected chi connectivity index (χ1v) is 11.6. The fourth-order valence-electron chi connectivity index (χ4n) is 5.51. The molecule has 1 unspecified atom stereocenters. The quantitative estimate of drug-likeness (QED) is 0.801. The van der Waals surface area contributed by atoms with Crippen LogP contribution in [-0.2, 0) is 16.1 Å². The summed E-state index contributed by atoms with van der Waals surface area (Å²) in [4.78, 5) is 22.5.